The Kier molecular flexibility index (Phi) is 5.29. The minimum atomic E-state index is 0.0121. The lowest BCUT2D eigenvalue weighted by molar-refractivity contribution is 0.103. The van der Waals surface area contributed by atoms with Crippen LogP contribution in [0.3, 0.4) is 0 Å². The number of ether oxygens (including phenoxy) is 1. The van der Waals surface area contributed by atoms with E-state index < -0.39 is 0 Å². The van der Waals surface area contributed by atoms with Crippen LogP contribution in [0.5, 0.6) is 5.75 Å². The van der Waals surface area contributed by atoms with Gasteiger partial charge in [0.2, 0.25) is 5.78 Å². The fraction of sp³-hybridized carbons (Fsp3) is 0.194. The van der Waals surface area contributed by atoms with E-state index in [1.807, 2.05) is 30.3 Å². The van der Waals surface area contributed by atoms with Crippen LogP contribution >= 0.6 is 0 Å². The maximum atomic E-state index is 14.2. The number of ketones is 1. The van der Waals surface area contributed by atoms with Crippen LogP contribution in [0, 0.1) is 6.92 Å². The SMILES string of the molecule is COc1cccc(C(=O)c2c(-c3ccc(C)cc3)c3c4n(c(-c5ccccc5)cn24)CCCC3)c1. The molecule has 4 heteroatoms. The Balaban J connectivity index is 1.68. The van der Waals surface area contributed by atoms with Gasteiger partial charge in [-0.1, -0.05) is 72.3 Å². The van der Waals surface area contributed by atoms with Crippen molar-refractivity contribution in [3.63, 3.8) is 0 Å². The Bertz CT molecular complexity index is 1540. The molecule has 0 bridgehead atoms. The molecule has 1 aliphatic rings. The van der Waals surface area contributed by atoms with Crippen molar-refractivity contribution in [3.8, 4) is 28.1 Å². The molecule has 0 amide bonds. The van der Waals surface area contributed by atoms with Crippen LogP contribution in [0.25, 0.3) is 28.0 Å². The third-order valence-corrected chi connectivity index (χ3v) is 7.09. The van der Waals surface area contributed by atoms with Crippen LogP contribution in [-0.4, -0.2) is 21.9 Å². The zero-order chi connectivity index (χ0) is 23.9. The van der Waals surface area contributed by atoms with Gasteiger partial charge < -0.3 is 9.30 Å². The van der Waals surface area contributed by atoms with Gasteiger partial charge in [-0.2, -0.15) is 0 Å². The zero-order valence-electron chi connectivity index (χ0n) is 20.1. The number of aryl methyl sites for hydroxylation is 3. The summed E-state index contributed by atoms with van der Waals surface area (Å²) in [6, 6.07) is 26.5. The van der Waals surface area contributed by atoms with Gasteiger partial charge in [0.05, 0.1) is 12.8 Å². The van der Waals surface area contributed by atoms with Gasteiger partial charge in [0.25, 0.3) is 0 Å². The van der Waals surface area contributed by atoms with Crippen LogP contribution < -0.4 is 4.74 Å². The van der Waals surface area contributed by atoms with E-state index in [2.05, 4.69) is 70.6 Å². The molecule has 4 nitrogen and oxygen atoms in total. The van der Waals surface area contributed by atoms with E-state index in [4.69, 9.17) is 4.74 Å². The first-order valence-corrected chi connectivity index (χ1v) is 12.2. The quantitative estimate of drug-likeness (QED) is 0.266. The number of aromatic nitrogens is 2. The van der Waals surface area contributed by atoms with Crippen LogP contribution in [0.4, 0.5) is 0 Å². The number of carbonyl (C=O) groups excluding carboxylic acids is 1. The first-order chi connectivity index (χ1) is 17.2. The number of carbonyl (C=O) groups is 1. The predicted molar refractivity (Wildman–Crippen MR) is 140 cm³/mol. The first kappa shape index (κ1) is 21.5. The second-order valence-electron chi connectivity index (χ2n) is 9.31. The van der Waals surface area contributed by atoms with Crippen molar-refractivity contribution in [1.82, 2.24) is 8.97 Å². The highest BCUT2D eigenvalue weighted by Gasteiger charge is 2.30. The largest absolute Gasteiger partial charge is 0.497 e. The molecule has 0 unspecified atom stereocenters. The second-order valence-corrected chi connectivity index (χ2v) is 9.31. The van der Waals surface area contributed by atoms with Gasteiger partial charge in [-0.25, -0.2) is 0 Å². The monoisotopic (exact) mass is 460 g/mol. The van der Waals surface area contributed by atoms with Crippen molar-refractivity contribution in [3.05, 3.63) is 107 Å². The maximum Gasteiger partial charge on any atom is 0.210 e. The number of rotatable bonds is 5. The van der Waals surface area contributed by atoms with Crippen molar-refractivity contribution in [2.75, 3.05) is 7.11 Å². The molecule has 0 spiro atoms. The number of benzene rings is 3. The van der Waals surface area contributed by atoms with Crippen molar-refractivity contribution < 1.29 is 9.53 Å². The van der Waals surface area contributed by atoms with E-state index in [0.717, 1.165) is 54.0 Å². The lowest BCUT2D eigenvalue weighted by Crippen LogP contribution is -2.07. The Morgan fingerprint density at radius 1 is 0.886 bits per heavy atom. The first-order valence-electron chi connectivity index (χ1n) is 12.2. The topological polar surface area (TPSA) is 35.6 Å². The number of hydrogen-bond donors (Lipinski definition) is 0. The van der Waals surface area contributed by atoms with Gasteiger partial charge in [0.15, 0.2) is 0 Å². The smallest absolute Gasteiger partial charge is 0.210 e. The Hall–Kier alpha value is -4.05. The summed E-state index contributed by atoms with van der Waals surface area (Å²) in [5.74, 6) is 0.697. The van der Waals surface area contributed by atoms with E-state index in [9.17, 15) is 4.79 Å². The summed E-state index contributed by atoms with van der Waals surface area (Å²) in [5, 5.41) is 0. The Morgan fingerprint density at radius 2 is 1.69 bits per heavy atom. The highest BCUT2D eigenvalue weighted by Crippen LogP contribution is 2.40. The third-order valence-electron chi connectivity index (χ3n) is 7.09. The highest BCUT2D eigenvalue weighted by atomic mass is 16.5. The minimum absolute atomic E-state index is 0.0121. The predicted octanol–water partition coefficient (Wildman–Crippen LogP) is 6.96. The molecular formula is C31H28N2O2. The van der Waals surface area contributed by atoms with Gasteiger partial charge >= 0.3 is 0 Å². The summed E-state index contributed by atoms with van der Waals surface area (Å²) in [7, 11) is 1.63. The Morgan fingerprint density at radius 3 is 2.46 bits per heavy atom. The molecule has 1 aliphatic heterocycles. The molecule has 174 valence electrons. The van der Waals surface area contributed by atoms with Crippen LogP contribution in [0.2, 0.25) is 0 Å². The number of hydrogen-bond acceptors (Lipinski definition) is 2. The number of methoxy groups -OCH3 is 1. The average Bonchev–Trinajstić information content (AvgIpc) is 3.32. The van der Waals surface area contributed by atoms with E-state index >= 15 is 0 Å². The van der Waals surface area contributed by atoms with Crippen LogP contribution in [0.1, 0.15) is 40.0 Å². The number of imidazole rings is 1. The van der Waals surface area contributed by atoms with E-state index in [-0.39, 0.29) is 5.78 Å². The standard InChI is InChI=1S/C31H28N2O2/c1-21-14-16-23(17-15-21)28-26-13-6-7-18-32-27(22-9-4-3-5-10-22)20-33(31(26)32)29(28)30(34)24-11-8-12-25(19-24)35-2/h3-5,8-12,14-17,19-20H,6-7,13,18H2,1-2H3. The molecule has 0 N–H and O–H groups in total. The van der Waals surface area contributed by atoms with Gasteiger partial charge in [-0.3, -0.25) is 9.20 Å². The minimum Gasteiger partial charge on any atom is -0.497 e. The van der Waals surface area contributed by atoms with Crippen molar-refractivity contribution in [2.45, 2.75) is 32.7 Å². The molecule has 0 atom stereocenters. The summed E-state index contributed by atoms with van der Waals surface area (Å²) in [5.41, 5.74) is 9.44. The van der Waals surface area contributed by atoms with E-state index in [1.54, 1.807) is 7.11 Å². The molecule has 35 heavy (non-hydrogen) atoms. The van der Waals surface area contributed by atoms with E-state index in [1.165, 1.54) is 16.7 Å². The number of nitrogens with zero attached hydrogens (tertiary/aromatic N) is 2. The van der Waals surface area contributed by atoms with Crippen molar-refractivity contribution in [2.24, 2.45) is 0 Å². The summed E-state index contributed by atoms with van der Waals surface area (Å²) in [6.45, 7) is 3.04. The maximum absolute atomic E-state index is 14.2. The van der Waals surface area contributed by atoms with Gasteiger partial charge in [0.1, 0.15) is 17.1 Å². The molecule has 3 heterocycles. The lowest BCUT2D eigenvalue weighted by atomic mass is 9.94. The fourth-order valence-corrected chi connectivity index (χ4v) is 5.38. The molecule has 3 aromatic carbocycles. The molecule has 6 rings (SSSR count). The summed E-state index contributed by atoms with van der Waals surface area (Å²) in [6.07, 6.45) is 5.33. The van der Waals surface area contributed by atoms with Gasteiger partial charge in [-0.05, 0) is 49.4 Å². The van der Waals surface area contributed by atoms with Crippen LogP contribution in [0.15, 0.2) is 85.1 Å². The zero-order valence-corrected chi connectivity index (χ0v) is 20.1. The third kappa shape index (κ3) is 3.57. The van der Waals surface area contributed by atoms with Crippen molar-refractivity contribution >= 4 is 11.4 Å². The molecular weight excluding hydrogens is 432 g/mol. The van der Waals surface area contributed by atoms with Gasteiger partial charge in [0, 0.05) is 29.4 Å². The molecule has 0 fully saturated rings. The van der Waals surface area contributed by atoms with Gasteiger partial charge in [-0.15, -0.1) is 0 Å². The summed E-state index contributed by atoms with van der Waals surface area (Å²) >= 11 is 0. The average molecular weight is 461 g/mol. The Labute approximate surface area is 205 Å². The lowest BCUT2D eigenvalue weighted by Gasteiger charge is -2.10. The molecule has 0 saturated heterocycles. The summed E-state index contributed by atoms with van der Waals surface area (Å²) < 4.78 is 9.99. The molecule has 0 radical (unpaired) electrons. The second kappa shape index (κ2) is 8.62. The molecule has 0 saturated carbocycles. The summed E-state index contributed by atoms with van der Waals surface area (Å²) in [4.78, 5) is 14.2. The van der Waals surface area contributed by atoms with Crippen molar-refractivity contribution in [1.29, 1.82) is 0 Å². The fourth-order valence-electron chi connectivity index (χ4n) is 5.38. The highest BCUT2D eigenvalue weighted by molar-refractivity contribution is 6.14. The molecule has 0 aliphatic carbocycles. The van der Waals surface area contributed by atoms with E-state index in [0.29, 0.717) is 11.3 Å². The normalized spacial score (nSPS) is 13.1. The van der Waals surface area contributed by atoms with Crippen LogP contribution in [-0.2, 0) is 13.0 Å². The molecule has 2 aromatic heterocycles. The molecule has 5 aromatic rings.